The molecule has 1 rings (SSSR count). The van der Waals surface area contributed by atoms with Crippen LogP contribution in [0.3, 0.4) is 0 Å². The topological polar surface area (TPSA) is 64.9 Å². The lowest BCUT2D eigenvalue weighted by atomic mass is 10.1. The second-order valence-electron chi connectivity index (χ2n) is 3.52. The minimum atomic E-state index is -0.499. The summed E-state index contributed by atoms with van der Waals surface area (Å²) < 4.78 is 0. The Morgan fingerprint density at radius 2 is 2.19 bits per heavy atom. The van der Waals surface area contributed by atoms with Gasteiger partial charge in [0, 0.05) is 12.7 Å². The predicted octanol–water partition coefficient (Wildman–Crippen LogP) is 1.44. The van der Waals surface area contributed by atoms with Crippen LogP contribution in [-0.4, -0.2) is 19.0 Å². The van der Waals surface area contributed by atoms with Gasteiger partial charge in [-0.15, -0.1) is 0 Å². The summed E-state index contributed by atoms with van der Waals surface area (Å²) in [6.45, 7) is 1.96. The Balaban J connectivity index is 2.68. The lowest BCUT2D eigenvalue weighted by Gasteiger charge is -2.13. The molecule has 0 aromatic heterocycles. The van der Waals surface area contributed by atoms with Gasteiger partial charge in [-0.1, -0.05) is 18.2 Å². The first kappa shape index (κ1) is 12.1. The van der Waals surface area contributed by atoms with Crippen molar-refractivity contribution in [3.63, 3.8) is 0 Å². The fraction of sp³-hybridized carbons (Fsp3) is 0.333. The number of carbonyl (C=O) groups is 1. The Morgan fingerprint density at radius 3 is 2.75 bits per heavy atom. The average molecular weight is 217 g/mol. The molecule has 1 unspecified atom stereocenters. The summed E-state index contributed by atoms with van der Waals surface area (Å²) in [4.78, 5) is 11.2. The van der Waals surface area contributed by atoms with Crippen molar-refractivity contribution in [3.8, 4) is 6.07 Å². The molecule has 0 saturated carbocycles. The van der Waals surface area contributed by atoms with E-state index in [4.69, 9.17) is 5.26 Å². The van der Waals surface area contributed by atoms with E-state index in [1.54, 1.807) is 7.05 Å². The number of nitrogens with zero attached hydrogens (tertiary/aromatic N) is 1. The van der Waals surface area contributed by atoms with Crippen LogP contribution >= 0.6 is 0 Å². The largest absolute Gasteiger partial charge is 0.369 e. The molecule has 0 aliphatic heterocycles. The molecule has 16 heavy (non-hydrogen) atoms. The minimum Gasteiger partial charge on any atom is -0.369 e. The Morgan fingerprint density at radius 1 is 1.50 bits per heavy atom. The zero-order valence-electron chi connectivity index (χ0n) is 9.45. The number of nitrogens with one attached hydrogen (secondary N) is 2. The molecule has 0 spiro atoms. The van der Waals surface area contributed by atoms with Crippen LogP contribution in [0.1, 0.15) is 12.0 Å². The lowest BCUT2D eigenvalue weighted by Crippen LogP contribution is -2.28. The molecule has 0 bridgehead atoms. The van der Waals surface area contributed by atoms with E-state index in [0.29, 0.717) is 0 Å². The smallest absolute Gasteiger partial charge is 0.222 e. The summed E-state index contributed by atoms with van der Waals surface area (Å²) in [6, 6.07) is 9.24. The quantitative estimate of drug-likeness (QED) is 0.802. The van der Waals surface area contributed by atoms with E-state index in [0.717, 1.165) is 11.3 Å². The van der Waals surface area contributed by atoms with Gasteiger partial charge in [0.05, 0.1) is 12.5 Å². The number of hydrogen-bond acceptors (Lipinski definition) is 3. The van der Waals surface area contributed by atoms with E-state index >= 15 is 0 Å². The molecular formula is C12H15N3O. The minimum absolute atomic E-state index is 0.146. The van der Waals surface area contributed by atoms with Crippen LogP contribution in [0.2, 0.25) is 0 Å². The monoisotopic (exact) mass is 217 g/mol. The van der Waals surface area contributed by atoms with E-state index in [-0.39, 0.29) is 12.3 Å². The molecule has 4 heteroatoms. The first-order valence-electron chi connectivity index (χ1n) is 5.09. The zero-order valence-corrected chi connectivity index (χ0v) is 9.45. The second-order valence-corrected chi connectivity index (χ2v) is 3.52. The van der Waals surface area contributed by atoms with Crippen molar-refractivity contribution in [2.75, 3.05) is 12.4 Å². The van der Waals surface area contributed by atoms with E-state index in [1.165, 1.54) is 0 Å². The molecule has 1 amide bonds. The average Bonchev–Trinajstić information content (AvgIpc) is 2.30. The van der Waals surface area contributed by atoms with E-state index < -0.39 is 6.04 Å². The molecule has 1 aromatic rings. The van der Waals surface area contributed by atoms with Crippen LogP contribution < -0.4 is 10.6 Å². The van der Waals surface area contributed by atoms with E-state index in [1.807, 2.05) is 31.2 Å². The van der Waals surface area contributed by atoms with Gasteiger partial charge >= 0.3 is 0 Å². The molecule has 0 fully saturated rings. The molecular weight excluding hydrogens is 202 g/mol. The summed E-state index contributed by atoms with van der Waals surface area (Å²) in [5.74, 6) is -0.146. The number of rotatable bonds is 4. The van der Waals surface area contributed by atoms with Gasteiger partial charge in [0.25, 0.3) is 0 Å². The van der Waals surface area contributed by atoms with Crippen LogP contribution in [0.25, 0.3) is 0 Å². The number of amides is 1. The van der Waals surface area contributed by atoms with Crippen LogP contribution in [0.15, 0.2) is 24.3 Å². The molecule has 1 atom stereocenters. The van der Waals surface area contributed by atoms with Crippen molar-refractivity contribution >= 4 is 11.6 Å². The highest BCUT2D eigenvalue weighted by atomic mass is 16.1. The molecule has 84 valence electrons. The number of anilines is 1. The van der Waals surface area contributed by atoms with Gasteiger partial charge in [-0.2, -0.15) is 5.26 Å². The number of benzene rings is 1. The lowest BCUT2D eigenvalue weighted by molar-refractivity contribution is -0.120. The van der Waals surface area contributed by atoms with Crippen molar-refractivity contribution in [3.05, 3.63) is 29.8 Å². The number of carbonyl (C=O) groups excluding carboxylic acids is 1. The summed E-state index contributed by atoms with van der Waals surface area (Å²) in [6.07, 6.45) is 0.154. The van der Waals surface area contributed by atoms with Gasteiger partial charge in [0.15, 0.2) is 0 Å². The number of para-hydroxylation sites is 1. The molecule has 0 aliphatic rings. The molecule has 0 heterocycles. The third-order valence-corrected chi connectivity index (χ3v) is 2.30. The van der Waals surface area contributed by atoms with Crippen LogP contribution in [0.5, 0.6) is 0 Å². The second kappa shape index (κ2) is 5.76. The molecule has 2 N–H and O–H groups in total. The maximum absolute atomic E-state index is 11.2. The highest BCUT2D eigenvalue weighted by molar-refractivity contribution is 5.77. The summed E-state index contributed by atoms with van der Waals surface area (Å²) in [5.41, 5.74) is 1.94. The van der Waals surface area contributed by atoms with Crippen molar-refractivity contribution in [2.24, 2.45) is 0 Å². The summed E-state index contributed by atoms with van der Waals surface area (Å²) >= 11 is 0. The molecule has 0 aliphatic carbocycles. The number of aryl methyl sites for hydroxylation is 1. The number of hydrogen-bond donors (Lipinski definition) is 2. The third kappa shape index (κ3) is 3.28. The van der Waals surface area contributed by atoms with Gasteiger partial charge in [-0.05, 0) is 18.6 Å². The molecule has 0 radical (unpaired) electrons. The Labute approximate surface area is 95.3 Å². The molecule has 0 saturated heterocycles. The Kier molecular flexibility index (Phi) is 4.34. The van der Waals surface area contributed by atoms with Crippen LogP contribution in [0, 0.1) is 18.3 Å². The first-order valence-corrected chi connectivity index (χ1v) is 5.09. The van der Waals surface area contributed by atoms with Crippen LogP contribution in [0.4, 0.5) is 5.69 Å². The predicted molar refractivity (Wildman–Crippen MR) is 62.9 cm³/mol. The van der Waals surface area contributed by atoms with E-state index in [9.17, 15) is 4.79 Å². The fourth-order valence-corrected chi connectivity index (χ4v) is 1.34. The van der Waals surface area contributed by atoms with Crippen molar-refractivity contribution in [2.45, 2.75) is 19.4 Å². The van der Waals surface area contributed by atoms with E-state index in [2.05, 4.69) is 16.7 Å². The maximum atomic E-state index is 11.2. The van der Waals surface area contributed by atoms with Crippen molar-refractivity contribution in [1.82, 2.24) is 5.32 Å². The van der Waals surface area contributed by atoms with Gasteiger partial charge in [-0.25, -0.2) is 0 Å². The van der Waals surface area contributed by atoms with Gasteiger partial charge in [0.2, 0.25) is 5.91 Å². The molecule has 1 aromatic carbocycles. The standard InChI is InChI=1S/C12H15N3O/c1-9-5-3-4-6-11(9)15-10(8-13)7-12(16)14-2/h3-6,10,15H,7H2,1-2H3,(H,14,16). The van der Waals surface area contributed by atoms with Gasteiger partial charge in [-0.3, -0.25) is 4.79 Å². The fourth-order valence-electron chi connectivity index (χ4n) is 1.34. The summed E-state index contributed by atoms with van der Waals surface area (Å²) in [5, 5.41) is 14.5. The van der Waals surface area contributed by atoms with Crippen molar-refractivity contribution < 1.29 is 4.79 Å². The molecule has 4 nitrogen and oxygen atoms in total. The number of nitriles is 1. The highest BCUT2D eigenvalue weighted by Crippen LogP contribution is 2.14. The van der Waals surface area contributed by atoms with Crippen molar-refractivity contribution in [1.29, 1.82) is 5.26 Å². The van der Waals surface area contributed by atoms with Gasteiger partial charge < -0.3 is 10.6 Å². The Bertz CT molecular complexity index is 409. The Hall–Kier alpha value is -2.02. The van der Waals surface area contributed by atoms with Crippen LogP contribution in [-0.2, 0) is 4.79 Å². The SMILES string of the molecule is CNC(=O)CC(C#N)Nc1ccccc1C. The highest BCUT2D eigenvalue weighted by Gasteiger charge is 2.12. The summed E-state index contributed by atoms with van der Waals surface area (Å²) in [7, 11) is 1.56. The normalized spacial score (nSPS) is 11.3. The first-order chi connectivity index (χ1) is 7.67. The maximum Gasteiger partial charge on any atom is 0.222 e. The van der Waals surface area contributed by atoms with Gasteiger partial charge in [0.1, 0.15) is 6.04 Å². The third-order valence-electron chi connectivity index (χ3n) is 2.30. The zero-order chi connectivity index (χ0) is 12.0.